The van der Waals surface area contributed by atoms with Crippen LogP contribution in [0.3, 0.4) is 0 Å². The number of hydrogen-bond acceptors (Lipinski definition) is 8. The molecular formula is C33H37N11O. The molecule has 4 heterocycles. The number of allylic oxidation sites excluding steroid dienone is 1. The molecule has 2 aliphatic heterocycles. The summed E-state index contributed by atoms with van der Waals surface area (Å²) < 4.78 is 1.97. The molecule has 0 atom stereocenters. The van der Waals surface area contributed by atoms with Crippen LogP contribution in [-0.4, -0.2) is 75.6 Å². The standard InChI is InChI=1S/C33H37N11O/c1-23-28(25-6-4-24(5-7-25)20-36-12-2-13-37-31(34)35)21-44-22-29(41-33(44)40-23)26-8-10-27(11-9-26)30(45)42-16-18-43(19-17-42)32-38-14-3-15-39-32/h3-11,14-15,21-22,36H,1-2,12-13,16-20H2,(H,40,41)(H4,34,35,37). The Morgan fingerprint density at radius 3 is 2.40 bits per heavy atom. The highest BCUT2D eigenvalue weighted by Crippen LogP contribution is 2.32. The molecule has 2 aromatic heterocycles. The summed E-state index contributed by atoms with van der Waals surface area (Å²) in [4.78, 5) is 34.6. The number of imidazole rings is 1. The molecule has 1 amide bonds. The fraction of sp³-hybridized carbons (Fsp3) is 0.242. The van der Waals surface area contributed by atoms with Crippen LogP contribution < -0.4 is 27.0 Å². The Hall–Kier alpha value is -5.49. The molecule has 4 aromatic rings. The van der Waals surface area contributed by atoms with Crippen molar-refractivity contribution in [3.8, 4) is 11.3 Å². The second kappa shape index (κ2) is 13.4. The van der Waals surface area contributed by atoms with Gasteiger partial charge in [-0.3, -0.25) is 14.4 Å². The van der Waals surface area contributed by atoms with Gasteiger partial charge >= 0.3 is 0 Å². The van der Waals surface area contributed by atoms with Gasteiger partial charge in [-0.05, 0) is 42.3 Å². The number of guanidine groups is 1. The van der Waals surface area contributed by atoms with Crippen LogP contribution in [0.25, 0.3) is 23.0 Å². The van der Waals surface area contributed by atoms with Crippen molar-refractivity contribution < 1.29 is 4.79 Å². The molecule has 0 spiro atoms. The zero-order chi connectivity index (χ0) is 31.2. The van der Waals surface area contributed by atoms with Gasteiger partial charge in [0.05, 0.1) is 5.69 Å². The van der Waals surface area contributed by atoms with Gasteiger partial charge < -0.3 is 31.9 Å². The normalized spacial score (nSPS) is 14.4. The molecule has 0 aliphatic carbocycles. The third kappa shape index (κ3) is 7.02. The highest BCUT2D eigenvalue weighted by Gasteiger charge is 2.24. The number of nitrogens with two attached hydrogens (primary N) is 2. The minimum Gasteiger partial charge on any atom is -0.370 e. The highest BCUT2D eigenvalue weighted by molar-refractivity contribution is 5.95. The van der Waals surface area contributed by atoms with Crippen molar-refractivity contribution in [1.82, 2.24) is 29.7 Å². The van der Waals surface area contributed by atoms with Crippen LogP contribution >= 0.6 is 0 Å². The fourth-order valence-corrected chi connectivity index (χ4v) is 5.37. The first kappa shape index (κ1) is 29.6. The molecule has 0 bridgehead atoms. The van der Waals surface area contributed by atoms with Gasteiger partial charge in [0.2, 0.25) is 11.9 Å². The Labute approximate surface area is 262 Å². The maximum absolute atomic E-state index is 13.2. The molecule has 6 rings (SSSR count). The van der Waals surface area contributed by atoms with Gasteiger partial charge in [-0.2, -0.15) is 0 Å². The molecular weight excluding hydrogens is 566 g/mol. The quantitative estimate of drug-likeness (QED) is 0.122. The Morgan fingerprint density at radius 1 is 0.978 bits per heavy atom. The Bertz CT molecular complexity index is 1700. The summed E-state index contributed by atoms with van der Waals surface area (Å²) in [5.74, 6) is 1.54. The minimum absolute atomic E-state index is 0.0227. The van der Waals surface area contributed by atoms with E-state index in [0.717, 1.165) is 47.6 Å². The molecule has 12 nitrogen and oxygen atoms in total. The number of amides is 1. The van der Waals surface area contributed by atoms with Gasteiger partial charge in [-0.1, -0.05) is 43.0 Å². The van der Waals surface area contributed by atoms with Crippen molar-refractivity contribution >= 4 is 35.5 Å². The first-order valence-electron chi connectivity index (χ1n) is 15.0. The van der Waals surface area contributed by atoms with Crippen molar-refractivity contribution in [1.29, 1.82) is 0 Å². The molecule has 1 fully saturated rings. The summed E-state index contributed by atoms with van der Waals surface area (Å²) in [5, 5.41) is 6.75. The van der Waals surface area contributed by atoms with Crippen molar-refractivity contribution in [2.24, 2.45) is 16.5 Å². The third-order valence-corrected chi connectivity index (χ3v) is 7.82. The number of anilines is 2. The zero-order valence-corrected chi connectivity index (χ0v) is 25.1. The van der Waals surface area contributed by atoms with E-state index in [4.69, 9.17) is 16.5 Å². The average Bonchev–Trinajstić information content (AvgIpc) is 3.49. The predicted molar refractivity (Wildman–Crippen MR) is 178 cm³/mol. The van der Waals surface area contributed by atoms with Crippen molar-refractivity contribution in [3.05, 3.63) is 102 Å². The molecule has 0 saturated carbocycles. The monoisotopic (exact) mass is 603 g/mol. The van der Waals surface area contributed by atoms with Gasteiger partial charge in [-0.25, -0.2) is 15.0 Å². The topological polar surface area (TPSA) is 156 Å². The first-order chi connectivity index (χ1) is 21.9. The number of aliphatic imine (C=N–C) groups is 1. The molecule has 0 radical (unpaired) electrons. The van der Waals surface area contributed by atoms with E-state index in [1.807, 2.05) is 46.1 Å². The van der Waals surface area contributed by atoms with E-state index >= 15 is 0 Å². The van der Waals surface area contributed by atoms with Crippen LogP contribution in [-0.2, 0) is 6.54 Å². The summed E-state index contributed by atoms with van der Waals surface area (Å²) >= 11 is 0. The number of piperazine rings is 1. The maximum Gasteiger partial charge on any atom is 0.253 e. The lowest BCUT2D eigenvalue weighted by atomic mass is 10.0. The lowest BCUT2D eigenvalue weighted by molar-refractivity contribution is 0.0746. The lowest BCUT2D eigenvalue weighted by Gasteiger charge is -2.34. The van der Waals surface area contributed by atoms with Crippen LogP contribution in [0.2, 0.25) is 0 Å². The highest BCUT2D eigenvalue weighted by atomic mass is 16.2. The van der Waals surface area contributed by atoms with E-state index < -0.39 is 0 Å². The Morgan fingerprint density at radius 2 is 1.69 bits per heavy atom. The molecule has 230 valence electrons. The van der Waals surface area contributed by atoms with Crippen molar-refractivity contribution in [2.45, 2.75) is 13.0 Å². The van der Waals surface area contributed by atoms with Crippen LogP contribution in [0, 0.1) is 0 Å². The van der Waals surface area contributed by atoms with Crippen LogP contribution in [0.1, 0.15) is 27.9 Å². The molecule has 12 heteroatoms. The summed E-state index contributed by atoms with van der Waals surface area (Å²) in [6.07, 6.45) is 8.37. The van der Waals surface area contributed by atoms with E-state index in [-0.39, 0.29) is 11.9 Å². The minimum atomic E-state index is 0.0227. The summed E-state index contributed by atoms with van der Waals surface area (Å²) in [7, 11) is 0. The summed E-state index contributed by atoms with van der Waals surface area (Å²) in [6, 6.07) is 17.9. The lowest BCUT2D eigenvalue weighted by Crippen LogP contribution is -2.49. The van der Waals surface area contributed by atoms with Gasteiger partial charge in [0, 0.05) is 86.5 Å². The van der Waals surface area contributed by atoms with E-state index in [2.05, 4.69) is 61.3 Å². The number of nitrogens with one attached hydrogen (secondary N) is 2. The van der Waals surface area contributed by atoms with E-state index in [1.54, 1.807) is 18.5 Å². The molecule has 2 aromatic carbocycles. The number of nitrogens with zero attached hydrogens (tertiary/aromatic N) is 7. The number of fused-ring (bicyclic) bond motifs is 1. The predicted octanol–water partition coefficient (Wildman–Crippen LogP) is 2.99. The summed E-state index contributed by atoms with van der Waals surface area (Å²) in [5.41, 5.74) is 17.1. The van der Waals surface area contributed by atoms with Crippen molar-refractivity contribution in [2.75, 3.05) is 49.5 Å². The van der Waals surface area contributed by atoms with E-state index in [9.17, 15) is 4.79 Å². The number of rotatable bonds is 10. The number of carbonyl (C=O) groups excluding carboxylic acids is 1. The van der Waals surface area contributed by atoms with Crippen LogP contribution in [0.4, 0.5) is 11.9 Å². The molecule has 45 heavy (non-hydrogen) atoms. The fourth-order valence-electron chi connectivity index (χ4n) is 5.37. The van der Waals surface area contributed by atoms with Gasteiger partial charge in [-0.15, -0.1) is 0 Å². The number of benzene rings is 2. The summed E-state index contributed by atoms with van der Waals surface area (Å²) in [6.45, 7) is 9.10. The molecule has 1 saturated heterocycles. The number of aromatic nitrogens is 4. The third-order valence-electron chi connectivity index (χ3n) is 7.82. The molecule has 0 unspecified atom stereocenters. The second-order valence-corrected chi connectivity index (χ2v) is 10.9. The van der Waals surface area contributed by atoms with Crippen LogP contribution in [0.15, 0.2) is 90.5 Å². The SMILES string of the molecule is C=C1Nc2nc(-c3ccc(C(=O)N4CCN(c5ncccn5)CC4)cc3)cn2C=C1c1ccc(CNCCCN=C(N)N)cc1. The molecule has 6 N–H and O–H groups in total. The first-order valence-corrected chi connectivity index (χ1v) is 15.0. The van der Waals surface area contributed by atoms with E-state index in [0.29, 0.717) is 50.2 Å². The van der Waals surface area contributed by atoms with Gasteiger partial charge in [0.15, 0.2) is 5.96 Å². The second-order valence-electron chi connectivity index (χ2n) is 10.9. The zero-order valence-electron chi connectivity index (χ0n) is 25.1. The molecule has 2 aliphatic rings. The maximum atomic E-state index is 13.2. The van der Waals surface area contributed by atoms with Gasteiger partial charge in [0.1, 0.15) is 0 Å². The van der Waals surface area contributed by atoms with E-state index in [1.165, 1.54) is 5.56 Å². The van der Waals surface area contributed by atoms with Crippen LogP contribution in [0.5, 0.6) is 0 Å². The largest absolute Gasteiger partial charge is 0.370 e. The Kier molecular flexibility index (Phi) is 8.83. The average molecular weight is 604 g/mol. The van der Waals surface area contributed by atoms with Gasteiger partial charge in [0.25, 0.3) is 5.91 Å². The van der Waals surface area contributed by atoms with Crippen molar-refractivity contribution in [3.63, 3.8) is 0 Å². The smallest absolute Gasteiger partial charge is 0.253 e. The Balaban J connectivity index is 1.06. The number of carbonyl (C=O) groups is 1. The number of hydrogen-bond donors (Lipinski definition) is 4.